The summed E-state index contributed by atoms with van der Waals surface area (Å²) in [6.45, 7) is -1.74. The lowest BCUT2D eigenvalue weighted by molar-refractivity contribution is -0.144. The summed E-state index contributed by atoms with van der Waals surface area (Å²) in [5.41, 5.74) is 5.13. The molecule has 1 saturated heterocycles. The van der Waals surface area contributed by atoms with Gasteiger partial charge in [-0.05, 0) is 37.2 Å². The molecular weight excluding hydrogens is 649 g/mol. The zero-order valence-electron chi connectivity index (χ0n) is 27.8. The van der Waals surface area contributed by atoms with Crippen molar-refractivity contribution in [1.82, 2.24) is 35.6 Å². The highest BCUT2D eigenvalue weighted by Gasteiger charge is 2.59. The van der Waals surface area contributed by atoms with E-state index in [1.165, 1.54) is 9.80 Å². The van der Waals surface area contributed by atoms with Gasteiger partial charge in [-0.25, -0.2) is 0 Å². The number of likely N-dealkylation sites (tertiary alicyclic amines) is 1. The Morgan fingerprint density at radius 2 is 1.16 bits per heavy atom. The van der Waals surface area contributed by atoms with Crippen molar-refractivity contribution < 1.29 is 43.2 Å². The molecule has 6 radical (unpaired) electrons. The molecule has 20 heteroatoms. The van der Waals surface area contributed by atoms with Crippen LogP contribution in [0.1, 0.15) is 6.42 Å². The Bertz CT molecular complexity index is 1350. The number of carbonyl (C=O) groups excluding carboxylic acids is 9. The number of allylic oxidation sites excluding steroid dienone is 2. The molecule has 2 aliphatic carbocycles. The summed E-state index contributed by atoms with van der Waals surface area (Å²) in [7, 11) is 16.3. The fraction of sp³-hybridized carbons (Fsp3) is 0.633. The molecule has 8 amide bonds. The Hall–Kier alpha value is -4.48. The Morgan fingerprint density at radius 1 is 0.700 bits per heavy atom. The molecule has 5 N–H and O–H groups in total. The molecule has 0 aromatic heterocycles. The summed E-state index contributed by atoms with van der Waals surface area (Å²) in [6, 6.07) is 0. The molecule has 1 saturated carbocycles. The molecule has 1 heterocycles. The van der Waals surface area contributed by atoms with E-state index in [0.29, 0.717) is 0 Å². The van der Waals surface area contributed by atoms with E-state index in [1.807, 2.05) is 12.2 Å². The third-order valence-electron chi connectivity index (χ3n) is 8.78. The van der Waals surface area contributed by atoms with E-state index in [-0.39, 0.29) is 108 Å². The van der Waals surface area contributed by atoms with Gasteiger partial charge in [0.1, 0.15) is 6.54 Å². The zero-order chi connectivity index (χ0) is 37.0. The molecule has 4 atom stereocenters. The summed E-state index contributed by atoms with van der Waals surface area (Å²) in [5, 5.41) is 7.97. The van der Waals surface area contributed by atoms with Gasteiger partial charge in [0.25, 0.3) is 0 Å². The van der Waals surface area contributed by atoms with Crippen molar-refractivity contribution in [3.05, 3.63) is 12.2 Å². The smallest absolute Gasteiger partial charge is 0.240 e. The lowest BCUT2D eigenvalue weighted by Gasteiger charge is -2.24. The predicted octanol–water partition coefficient (Wildman–Crippen LogP) is -5.08. The molecule has 0 aromatic carbocycles. The van der Waals surface area contributed by atoms with Crippen molar-refractivity contribution >= 4 is 76.6 Å². The topological polar surface area (TPSA) is 229 Å². The largest absolute Gasteiger partial charge is 0.368 e. The van der Waals surface area contributed by atoms with Crippen LogP contribution in [0.4, 0.5) is 0 Å². The standard InChI is InChI=1S/C30H41B3N8O9/c31-10-24(46)38(7-4-37-23(45)17-41-29(49)27-18-1-2-19(9-18)28(27)30(41)50)14-20(42)13-35-3-6-40(26(48)12-33)16-22(44)36-5-8-39(15-21(34)43)25(47)11-32/h1-2,18-19,27-28,35H,3-17H2,(H2,34,43)(H,36,44)(H,37,45). The van der Waals surface area contributed by atoms with Gasteiger partial charge < -0.3 is 36.4 Å². The van der Waals surface area contributed by atoms with Crippen LogP contribution in [-0.4, -0.2) is 168 Å². The molecule has 0 aromatic rings. The number of Topliss-reactive ketones (excluding diaryl/α,β-unsaturated/α-hetero) is 1. The molecule has 50 heavy (non-hydrogen) atoms. The van der Waals surface area contributed by atoms with Crippen LogP contribution in [0.2, 0.25) is 19.0 Å². The molecule has 0 spiro atoms. The first-order valence-electron chi connectivity index (χ1n) is 16.3. The second-order valence-electron chi connectivity index (χ2n) is 12.2. The number of amides is 8. The average Bonchev–Trinajstić information content (AvgIpc) is 3.77. The number of rotatable bonds is 22. The number of hydrogen-bond donors (Lipinski definition) is 4. The highest BCUT2D eigenvalue weighted by atomic mass is 16.2. The van der Waals surface area contributed by atoms with Crippen LogP contribution >= 0.6 is 0 Å². The van der Waals surface area contributed by atoms with E-state index in [9.17, 15) is 43.2 Å². The lowest BCUT2D eigenvalue weighted by Crippen LogP contribution is -2.47. The minimum Gasteiger partial charge on any atom is -0.368 e. The monoisotopic (exact) mass is 690 g/mol. The van der Waals surface area contributed by atoms with Crippen LogP contribution < -0.4 is 21.7 Å². The minimum atomic E-state index is -0.746. The minimum absolute atomic E-state index is 0.00894. The number of nitrogens with zero attached hydrogens (tertiary/aromatic N) is 4. The molecule has 3 aliphatic rings. The van der Waals surface area contributed by atoms with Crippen LogP contribution in [0.5, 0.6) is 0 Å². The number of imide groups is 1. The number of nitrogens with one attached hydrogen (secondary N) is 3. The molecular formula is C30H41B3N8O9. The normalized spacial score (nSPS) is 20.0. The number of ketones is 1. The average molecular weight is 690 g/mol. The van der Waals surface area contributed by atoms with Crippen molar-refractivity contribution in [2.24, 2.45) is 29.4 Å². The first kappa shape index (κ1) is 40.0. The SMILES string of the molecule is [B]CC(=O)N(CCNC(=O)CN(CCNCC(=O)CN(CCNC(=O)CN1C(=O)C2C3C=CC(C3)C2C1=O)C(=O)C[B])C(=O)C[B])CC(N)=O. The van der Waals surface area contributed by atoms with Gasteiger partial charge in [-0.1, -0.05) is 12.2 Å². The second kappa shape index (κ2) is 19.1. The van der Waals surface area contributed by atoms with Gasteiger partial charge in [0, 0.05) is 39.3 Å². The molecule has 264 valence electrons. The molecule has 4 unspecified atom stereocenters. The van der Waals surface area contributed by atoms with Gasteiger partial charge in [0.05, 0.1) is 61.6 Å². The Labute approximate surface area is 294 Å². The Balaban J connectivity index is 1.37. The first-order valence-corrected chi connectivity index (χ1v) is 16.3. The molecule has 2 bridgehead atoms. The van der Waals surface area contributed by atoms with Crippen LogP contribution in [0, 0.1) is 23.7 Å². The van der Waals surface area contributed by atoms with Crippen LogP contribution in [0.3, 0.4) is 0 Å². The molecule has 17 nitrogen and oxygen atoms in total. The quantitative estimate of drug-likeness (QED) is 0.0366. The van der Waals surface area contributed by atoms with Gasteiger partial charge in [-0.3, -0.25) is 48.1 Å². The Kier molecular flexibility index (Phi) is 15.2. The summed E-state index contributed by atoms with van der Waals surface area (Å²) >= 11 is 0. The highest BCUT2D eigenvalue weighted by Crippen LogP contribution is 2.52. The van der Waals surface area contributed by atoms with E-state index < -0.39 is 59.6 Å². The second-order valence-corrected chi connectivity index (χ2v) is 12.2. The Morgan fingerprint density at radius 3 is 1.66 bits per heavy atom. The van der Waals surface area contributed by atoms with Crippen LogP contribution in [0.15, 0.2) is 12.2 Å². The lowest BCUT2D eigenvalue weighted by atomic mass is 9.85. The van der Waals surface area contributed by atoms with E-state index in [4.69, 9.17) is 29.3 Å². The summed E-state index contributed by atoms with van der Waals surface area (Å²) in [6.07, 6.45) is 3.60. The van der Waals surface area contributed by atoms with Gasteiger partial charge in [-0.15, -0.1) is 0 Å². The van der Waals surface area contributed by atoms with Gasteiger partial charge in [-0.2, -0.15) is 0 Å². The summed E-state index contributed by atoms with van der Waals surface area (Å²) in [5.74, 6) is -5.33. The van der Waals surface area contributed by atoms with E-state index in [1.54, 1.807) is 0 Å². The third kappa shape index (κ3) is 10.8. The third-order valence-corrected chi connectivity index (χ3v) is 8.78. The molecule has 2 fully saturated rings. The van der Waals surface area contributed by atoms with E-state index in [2.05, 4.69) is 16.0 Å². The van der Waals surface area contributed by atoms with Crippen molar-refractivity contribution in [2.75, 3.05) is 72.0 Å². The van der Waals surface area contributed by atoms with Crippen molar-refractivity contribution in [2.45, 2.75) is 25.4 Å². The predicted molar refractivity (Wildman–Crippen MR) is 179 cm³/mol. The number of fused-ring (bicyclic) bond motifs is 5. The number of hydrogen-bond acceptors (Lipinski definition) is 10. The fourth-order valence-corrected chi connectivity index (χ4v) is 6.37. The van der Waals surface area contributed by atoms with Gasteiger partial charge in [0.2, 0.25) is 47.3 Å². The number of nitrogens with two attached hydrogens (primary N) is 1. The molecule has 1 aliphatic heterocycles. The maximum atomic E-state index is 12.8. The maximum absolute atomic E-state index is 12.8. The highest BCUT2D eigenvalue weighted by molar-refractivity contribution is 6.20. The van der Waals surface area contributed by atoms with Crippen LogP contribution in [-0.2, 0) is 43.2 Å². The zero-order valence-corrected chi connectivity index (χ0v) is 27.8. The number of carbonyl (C=O) groups is 9. The summed E-state index contributed by atoms with van der Waals surface area (Å²) in [4.78, 5) is 115. The van der Waals surface area contributed by atoms with Gasteiger partial charge in [0.15, 0.2) is 5.78 Å². The fourth-order valence-electron chi connectivity index (χ4n) is 6.37. The van der Waals surface area contributed by atoms with Crippen LogP contribution in [0.25, 0.3) is 0 Å². The van der Waals surface area contributed by atoms with E-state index in [0.717, 1.165) is 16.2 Å². The molecule has 3 rings (SSSR count). The van der Waals surface area contributed by atoms with Crippen molar-refractivity contribution in [3.8, 4) is 0 Å². The van der Waals surface area contributed by atoms with E-state index >= 15 is 0 Å². The maximum Gasteiger partial charge on any atom is 0.240 e. The summed E-state index contributed by atoms with van der Waals surface area (Å²) < 4.78 is 0. The van der Waals surface area contributed by atoms with Gasteiger partial charge >= 0.3 is 0 Å². The van der Waals surface area contributed by atoms with Crippen molar-refractivity contribution in [3.63, 3.8) is 0 Å². The van der Waals surface area contributed by atoms with Crippen molar-refractivity contribution in [1.29, 1.82) is 0 Å². The first-order chi connectivity index (χ1) is 23.8. The number of primary amides is 1.